The zero-order valence-electron chi connectivity index (χ0n) is 6.26. The van der Waals surface area contributed by atoms with E-state index in [1.165, 1.54) is 5.56 Å². The van der Waals surface area contributed by atoms with Gasteiger partial charge >= 0.3 is 0 Å². The predicted octanol–water partition coefficient (Wildman–Crippen LogP) is 2.17. The molecule has 0 bridgehead atoms. The van der Waals surface area contributed by atoms with Crippen molar-refractivity contribution in [1.82, 2.24) is 0 Å². The third kappa shape index (κ3) is 0.827. The Bertz CT molecular complexity index is 316. The molecule has 11 heavy (non-hydrogen) atoms. The zero-order valence-corrected chi connectivity index (χ0v) is 6.26. The molecule has 0 spiro atoms. The number of carbonyl (C=O) groups is 1. The quantitative estimate of drug-likeness (QED) is 0.482. The van der Waals surface area contributed by atoms with Gasteiger partial charge in [0.25, 0.3) is 0 Å². The monoisotopic (exact) mass is 148 g/mol. The molecule has 1 aliphatic rings. The zero-order chi connectivity index (χ0) is 7.84. The molecule has 0 radical (unpaired) electrons. The molecule has 0 amide bonds. The Balaban J connectivity index is 2.50. The molecule has 2 heteroatoms. The summed E-state index contributed by atoms with van der Waals surface area (Å²) in [6.07, 6.45) is 1.78. The summed E-state index contributed by atoms with van der Waals surface area (Å²) in [4.78, 5) is 10.4. The first-order valence-electron chi connectivity index (χ1n) is 3.65. The molecule has 1 aliphatic heterocycles. The van der Waals surface area contributed by atoms with E-state index in [1.807, 2.05) is 6.07 Å². The first-order valence-corrected chi connectivity index (χ1v) is 3.65. The topological polar surface area (TPSA) is 29.6 Å². The van der Waals surface area contributed by atoms with Crippen LogP contribution in [0.4, 0.5) is 0 Å². The van der Waals surface area contributed by atoms with Crippen molar-refractivity contribution in [2.75, 3.05) is 0 Å². The number of ether oxygens (including phenoxy) is 1. The van der Waals surface area contributed by atoms with Crippen molar-refractivity contribution in [3.63, 3.8) is 0 Å². The molecule has 1 heterocycles. The standard InChI is InChI=1S/C9H8O2/c1-2-6-3-4-7(5-10)9-8(6)11-9/h3-5H,2H2,1H3. The molecule has 0 aliphatic carbocycles. The molecule has 1 aromatic rings. The van der Waals surface area contributed by atoms with Gasteiger partial charge in [-0.1, -0.05) is 13.0 Å². The van der Waals surface area contributed by atoms with Gasteiger partial charge in [0.1, 0.15) is 0 Å². The van der Waals surface area contributed by atoms with Gasteiger partial charge < -0.3 is 4.74 Å². The van der Waals surface area contributed by atoms with E-state index in [0.717, 1.165) is 24.2 Å². The number of carbonyl (C=O) groups excluding carboxylic acids is 1. The SMILES string of the molecule is CCc1ccc(C=O)c2c1O2. The average molecular weight is 148 g/mol. The number of aldehydes is 1. The van der Waals surface area contributed by atoms with E-state index in [-0.39, 0.29) is 0 Å². The molecular weight excluding hydrogens is 140 g/mol. The summed E-state index contributed by atoms with van der Waals surface area (Å²) in [6.45, 7) is 2.07. The first-order chi connectivity index (χ1) is 5.36. The van der Waals surface area contributed by atoms with Gasteiger partial charge in [-0.25, -0.2) is 0 Å². The normalized spacial score (nSPS) is 11.7. The van der Waals surface area contributed by atoms with Crippen molar-refractivity contribution in [2.45, 2.75) is 13.3 Å². The van der Waals surface area contributed by atoms with Crippen LogP contribution in [-0.4, -0.2) is 6.29 Å². The van der Waals surface area contributed by atoms with E-state index in [1.54, 1.807) is 6.07 Å². The molecule has 0 saturated heterocycles. The summed E-state index contributed by atoms with van der Waals surface area (Å²) in [7, 11) is 0. The minimum atomic E-state index is 0.664. The summed E-state index contributed by atoms with van der Waals surface area (Å²) < 4.78 is 5.15. The minimum Gasteiger partial charge on any atom is -0.448 e. The van der Waals surface area contributed by atoms with E-state index < -0.39 is 0 Å². The summed E-state index contributed by atoms with van der Waals surface area (Å²) in [6, 6.07) is 3.74. The second-order valence-corrected chi connectivity index (χ2v) is 2.55. The Morgan fingerprint density at radius 3 is 2.91 bits per heavy atom. The van der Waals surface area contributed by atoms with Crippen molar-refractivity contribution < 1.29 is 9.53 Å². The van der Waals surface area contributed by atoms with E-state index in [9.17, 15) is 4.79 Å². The number of hydrogen-bond acceptors (Lipinski definition) is 2. The van der Waals surface area contributed by atoms with Crippen molar-refractivity contribution in [3.8, 4) is 11.5 Å². The predicted molar refractivity (Wildman–Crippen MR) is 41.3 cm³/mol. The molecule has 0 N–H and O–H groups in total. The average Bonchev–Trinajstić information content (AvgIpc) is 2.81. The van der Waals surface area contributed by atoms with Crippen LogP contribution in [0.5, 0.6) is 11.5 Å². The van der Waals surface area contributed by atoms with E-state index >= 15 is 0 Å². The first kappa shape index (κ1) is 6.40. The minimum absolute atomic E-state index is 0.664. The maximum Gasteiger partial charge on any atom is 0.180 e. The Morgan fingerprint density at radius 2 is 2.27 bits per heavy atom. The summed E-state index contributed by atoms with van der Waals surface area (Å²) in [5, 5.41) is 0. The molecule has 1 aromatic carbocycles. The lowest BCUT2D eigenvalue weighted by molar-refractivity contribution is 0.112. The molecule has 56 valence electrons. The Morgan fingerprint density at radius 1 is 1.45 bits per heavy atom. The molecule has 0 aromatic heterocycles. The van der Waals surface area contributed by atoms with Gasteiger partial charge in [0.15, 0.2) is 17.8 Å². The maximum absolute atomic E-state index is 10.4. The lowest BCUT2D eigenvalue weighted by atomic mass is 10.1. The maximum atomic E-state index is 10.4. The number of hydrogen-bond donors (Lipinski definition) is 0. The van der Waals surface area contributed by atoms with Gasteiger partial charge in [0, 0.05) is 0 Å². The van der Waals surface area contributed by atoms with Gasteiger partial charge in [-0.15, -0.1) is 0 Å². The van der Waals surface area contributed by atoms with Gasteiger partial charge in [-0.3, -0.25) is 4.79 Å². The van der Waals surface area contributed by atoms with Gasteiger partial charge in [-0.2, -0.15) is 0 Å². The van der Waals surface area contributed by atoms with Crippen LogP contribution in [-0.2, 0) is 6.42 Å². The van der Waals surface area contributed by atoms with Gasteiger partial charge in [0.05, 0.1) is 5.56 Å². The molecule has 2 rings (SSSR count). The van der Waals surface area contributed by atoms with E-state index in [2.05, 4.69) is 6.92 Å². The van der Waals surface area contributed by atoms with Crippen LogP contribution >= 0.6 is 0 Å². The molecule has 0 fully saturated rings. The van der Waals surface area contributed by atoms with Crippen LogP contribution in [0.15, 0.2) is 12.1 Å². The van der Waals surface area contributed by atoms with Crippen LogP contribution in [0.1, 0.15) is 22.8 Å². The van der Waals surface area contributed by atoms with Crippen LogP contribution in [0.3, 0.4) is 0 Å². The smallest absolute Gasteiger partial charge is 0.180 e. The van der Waals surface area contributed by atoms with Crippen LogP contribution in [0.25, 0.3) is 0 Å². The van der Waals surface area contributed by atoms with Crippen molar-refractivity contribution in [3.05, 3.63) is 23.3 Å². The lowest BCUT2D eigenvalue weighted by Gasteiger charge is -1.88. The fourth-order valence-corrected chi connectivity index (χ4v) is 1.19. The number of aryl methyl sites for hydroxylation is 1. The molecule has 2 nitrogen and oxygen atoms in total. The fraction of sp³-hybridized carbons (Fsp3) is 0.222. The van der Waals surface area contributed by atoms with E-state index in [0.29, 0.717) is 5.56 Å². The summed E-state index contributed by atoms with van der Waals surface area (Å²) in [5.41, 5.74) is 1.85. The second-order valence-electron chi connectivity index (χ2n) is 2.55. The van der Waals surface area contributed by atoms with Gasteiger partial charge in [0.2, 0.25) is 0 Å². The van der Waals surface area contributed by atoms with E-state index in [4.69, 9.17) is 4.74 Å². The summed E-state index contributed by atoms with van der Waals surface area (Å²) in [5.74, 6) is 1.69. The third-order valence-electron chi connectivity index (χ3n) is 1.89. The van der Waals surface area contributed by atoms with Crippen LogP contribution < -0.4 is 4.74 Å². The third-order valence-corrected chi connectivity index (χ3v) is 1.89. The Labute approximate surface area is 64.8 Å². The highest BCUT2D eigenvalue weighted by Gasteiger charge is 2.27. The van der Waals surface area contributed by atoms with Gasteiger partial charge in [-0.05, 0) is 18.1 Å². The van der Waals surface area contributed by atoms with Crippen molar-refractivity contribution in [2.24, 2.45) is 0 Å². The highest BCUT2D eigenvalue weighted by Crippen LogP contribution is 2.50. The molecular formula is C9H8O2. The Kier molecular flexibility index (Phi) is 1.22. The molecule has 0 saturated carbocycles. The van der Waals surface area contributed by atoms with Crippen molar-refractivity contribution >= 4 is 6.29 Å². The lowest BCUT2D eigenvalue weighted by Crippen LogP contribution is -1.76. The molecule has 0 atom stereocenters. The number of fused-ring (bicyclic) bond motifs is 1. The van der Waals surface area contributed by atoms with Crippen LogP contribution in [0.2, 0.25) is 0 Å². The molecule has 0 unspecified atom stereocenters. The Hall–Kier alpha value is -1.31. The number of benzene rings is 1. The largest absolute Gasteiger partial charge is 0.448 e. The highest BCUT2D eigenvalue weighted by atomic mass is 16.6. The summed E-state index contributed by atoms with van der Waals surface area (Å²) >= 11 is 0. The fourth-order valence-electron chi connectivity index (χ4n) is 1.19. The van der Waals surface area contributed by atoms with Crippen LogP contribution in [0, 0.1) is 0 Å². The number of rotatable bonds is 2. The highest BCUT2D eigenvalue weighted by molar-refractivity contribution is 5.85. The van der Waals surface area contributed by atoms with Crippen molar-refractivity contribution in [1.29, 1.82) is 0 Å². The second kappa shape index (κ2) is 2.09.